The fraction of sp³-hybridized carbons (Fsp3) is 0.417. The molecule has 4 nitrogen and oxygen atoms in total. The molecule has 2 heterocycles. The van der Waals surface area contributed by atoms with E-state index in [1.807, 2.05) is 12.1 Å². The summed E-state index contributed by atoms with van der Waals surface area (Å²) < 4.78 is 5.22. The van der Waals surface area contributed by atoms with Crippen molar-refractivity contribution in [2.75, 3.05) is 0 Å². The van der Waals surface area contributed by atoms with Gasteiger partial charge >= 0.3 is 0 Å². The van der Waals surface area contributed by atoms with E-state index in [1.54, 1.807) is 6.20 Å². The van der Waals surface area contributed by atoms with Crippen LogP contribution in [-0.2, 0) is 6.42 Å². The Morgan fingerprint density at radius 1 is 1.41 bits per heavy atom. The molecular weight excluding hydrogens is 282 g/mol. The maximum absolute atomic E-state index is 5.22. The first-order valence-electron chi connectivity index (χ1n) is 5.68. The van der Waals surface area contributed by atoms with Gasteiger partial charge in [-0.1, -0.05) is 41.0 Å². The summed E-state index contributed by atoms with van der Waals surface area (Å²) >= 11 is 3.49. The number of rotatable bonds is 4. The van der Waals surface area contributed by atoms with Gasteiger partial charge in [-0.3, -0.25) is 4.98 Å². The van der Waals surface area contributed by atoms with E-state index >= 15 is 0 Å². The fourth-order valence-corrected chi connectivity index (χ4v) is 1.74. The highest BCUT2D eigenvalue weighted by Gasteiger charge is 2.17. The van der Waals surface area contributed by atoms with E-state index in [0.717, 1.165) is 24.1 Å². The molecule has 1 unspecified atom stereocenters. The Hall–Kier alpha value is -1.23. The molecule has 0 spiro atoms. The summed E-state index contributed by atoms with van der Waals surface area (Å²) in [5.74, 6) is 1.17. The molecule has 2 rings (SSSR count). The summed E-state index contributed by atoms with van der Waals surface area (Å²) in [6, 6.07) is 3.95. The van der Waals surface area contributed by atoms with E-state index < -0.39 is 0 Å². The summed E-state index contributed by atoms with van der Waals surface area (Å²) in [7, 11) is 0. The van der Waals surface area contributed by atoms with Crippen LogP contribution in [0.4, 0.5) is 0 Å². The number of aryl methyl sites for hydroxylation is 1. The normalized spacial score (nSPS) is 12.6. The van der Waals surface area contributed by atoms with Gasteiger partial charge in [0.1, 0.15) is 5.69 Å². The zero-order chi connectivity index (χ0) is 12.3. The highest BCUT2D eigenvalue weighted by atomic mass is 79.9. The highest BCUT2D eigenvalue weighted by Crippen LogP contribution is 2.27. The molecule has 0 fully saturated rings. The van der Waals surface area contributed by atoms with Crippen LogP contribution in [0.25, 0.3) is 11.5 Å². The predicted molar refractivity (Wildman–Crippen MR) is 68.9 cm³/mol. The third-order valence-electron chi connectivity index (χ3n) is 2.55. The van der Waals surface area contributed by atoms with Gasteiger partial charge in [-0.05, 0) is 24.5 Å². The minimum absolute atomic E-state index is 0.109. The van der Waals surface area contributed by atoms with Crippen molar-refractivity contribution in [3.8, 4) is 11.5 Å². The van der Waals surface area contributed by atoms with Crippen molar-refractivity contribution in [2.24, 2.45) is 0 Å². The van der Waals surface area contributed by atoms with Crippen molar-refractivity contribution in [3.05, 3.63) is 29.8 Å². The predicted octanol–water partition coefficient (Wildman–Crippen LogP) is 3.54. The molecule has 0 saturated carbocycles. The van der Waals surface area contributed by atoms with Crippen LogP contribution in [0.2, 0.25) is 0 Å². The minimum atomic E-state index is 0.109. The molecule has 0 aromatic carbocycles. The van der Waals surface area contributed by atoms with Crippen LogP contribution in [-0.4, -0.2) is 15.1 Å². The molecule has 0 radical (unpaired) electrons. The SMILES string of the molecule is CCc1cccnc1-c1noc(C(Br)CC)n1. The number of alkyl halides is 1. The second-order valence-electron chi connectivity index (χ2n) is 3.70. The largest absolute Gasteiger partial charge is 0.338 e. The number of hydrogen-bond acceptors (Lipinski definition) is 4. The molecule has 0 N–H and O–H groups in total. The Labute approximate surface area is 109 Å². The second kappa shape index (κ2) is 5.40. The molecule has 0 aliphatic heterocycles. The van der Waals surface area contributed by atoms with Gasteiger partial charge in [0, 0.05) is 6.20 Å². The Morgan fingerprint density at radius 2 is 2.24 bits per heavy atom. The van der Waals surface area contributed by atoms with Crippen LogP contribution < -0.4 is 0 Å². The van der Waals surface area contributed by atoms with Crippen LogP contribution in [0, 0.1) is 0 Å². The van der Waals surface area contributed by atoms with E-state index in [0.29, 0.717) is 11.7 Å². The average molecular weight is 296 g/mol. The van der Waals surface area contributed by atoms with Gasteiger partial charge in [0.25, 0.3) is 0 Å². The number of aromatic nitrogens is 3. The van der Waals surface area contributed by atoms with Crippen molar-refractivity contribution in [1.29, 1.82) is 0 Å². The maximum atomic E-state index is 5.22. The van der Waals surface area contributed by atoms with Gasteiger partial charge in [0.15, 0.2) is 0 Å². The van der Waals surface area contributed by atoms with E-state index in [1.165, 1.54) is 0 Å². The van der Waals surface area contributed by atoms with E-state index in [-0.39, 0.29) is 4.83 Å². The minimum Gasteiger partial charge on any atom is -0.338 e. The van der Waals surface area contributed by atoms with Gasteiger partial charge in [-0.2, -0.15) is 4.98 Å². The summed E-state index contributed by atoms with van der Waals surface area (Å²) in [5, 5.41) is 3.99. The summed E-state index contributed by atoms with van der Waals surface area (Å²) in [6.45, 7) is 4.14. The molecule has 17 heavy (non-hydrogen) atoms. The van der Waals surface area contributed by atoms with Crippen molar-refractivity contribution in [2.45, 2.75) is 31.5 Å². The first-order chi connectivity index (χ1) is 8.26. The summed E-state index contributed by atoms with van der Waals surface area (Å²) in [5.41, 5.74) is 1.93. The summed E-state index contributed by atoms with van der Waals surface area (Å²) in [6.07, 6.45) is 3.55. The van der Waals surface area contributed by atoms with Crippen LogP contribution in [0.1, 0.15) is 36.5 Å². The first-order valence-corrected chi connectivity index (χ1v) is 6.59. The fourth-order valence-electron chi connectivity index (χ4n) is 1.56. The Kier molecular flexibility index (Phi) is 3.89. The van der Waals surface area contributed by atoms with Crippen LogP contribution in [0.15, 0.2) is 22.9 Å². The van der Waals surface area contributed by atoms with Gasteiger partial charge < -0.3 is 4.52 Å². The van der Waals surface area contributed by atoms with Crippen molar-refractivity contribution >= 4 is 15.9 Å². The lowest BCUT2D eigenvalue weighted by Gasteiger charge is -2.00. The zero-order valence-corrected chi connectivity index (χ0v) is 11.4. The van der Waals surface area contributed by atoms with Crippen molar-refractivity contribution in [3.63, 3.8) is 0 Å². The lowest BCUT2D eigenvalue weighted by molar-refractivity contribution is 0.376. The highest BCUT2D eigenvalue weighted by molar-refractivity contribution is 9.09. The third-order valence-corrected chi connectivity index (χ3v) is 3.59. The molecular formula is C12H14BrN3O. The molecule has 0 bridgehead atoms. The lowest BCUT2D eigenvalue weighted by atomic mass is 10.1. The molecule has 90 valence electrons. The standard InChI is InChI=1S/C12H14BrN3O/c1-3-8-6-5-7-14-10(8)11-15-12(17-16-11)9(13)4-2/h5-7,9H,3-4H2,1-2H3. The molecule has 0 aliphatic rings. The molecule has 5 heteroatoms. The molecule has 2 aromatic rings. The van der Waals surface area contributed by atoms with Crippen molar-refractivity contribution in [1.82, 2.24) is 15.1 Å². The quantitative estimate of drug-likeness (QED) is 0.810. The van der Waals surface area contributed by atoms with Gasteiger partial charge in [-0.15, -0.1) is 0 Å². The number of pyridine rings is 1. The van der Waals surface area contributed by atoms with E-state index in [9.17, 15) is 0 Å². The maximum Gasteiger partial charge on any atom is 0.240 e. The van der Waals surface area contributed by atoms with Crippen LogP contribution in [0.3, 0.4) is 0 Å². The Morgan fingerprint density at radius 3 is 2.94 bits per heavy atom. The molecule has 0 saturated heterocycles. The lowest BCUT2D eigenvalue weighted by Crippen LogP contribution is -1.93. The van der Waals surface area contributed by atoms with E-state index in [4.69, 9.17) is 4.52 Å². The number of halogens is 1. The van der Waals surface area contributed by atoms with Crippen LogP contribution in [0.5, 0.6) is 0 Å². The third kappa shape index (κ3) is 2.54. The smallest absolute Gasteiger partial charge is 0.240 e. The first kappa shape index (κ1) is 12.2. The van der Waals surface area contributed by atoms with Gasteiger partial charge in [0.2, 0.25) is 11.7 Å². The van der Waals surface area contributed by atoms with Gasteiger partial charge in [-0.25, -0.2) is 0 Å². The second-order valence-corrected chi connectivity index (χ2v) is 4.80. The molecule has 2 aromatic heterocycles. The molecule has 0 aliphatic carbocycles. The van der Waals surface area contributed by atoms with Gasteiger partial charge in [0.05, 0.1) is 4.83 Å². The summed E-state index contributed by atoms with van der Waals surface area (Å²) in [4.78, 5) is 8.80. The van der Waals surface area contributed by atoms with E-state index in [2.05, 4.69) is 44.9 Å². The molecule has 0 amide bonds. The monoisotopic (exact) mass is 295 g/mol. The average Bonchev–Trinajstić information content (AvgIpc) is 2.87. The van der Waals surface area contributed by atoms with Crippen molar-refractivity contribution < 1.29 is 4.52 Å². The Bertz CT molecular complexity index is 498. The molecule has 1 atom stereocenters. The van der Waals surface area contributed by atoms with Crippen LogP contribution >= 0.6 is 15.9 Å². The number of hydrogen-bond donors (Lipinski definition) is 0. The zero-order valence-electron chi connectivity index (χ0n) is 9.85. The Balaban J connectivity index is 2.37. The topological polar surface area (TPSA) is 51.8 Å². The number of nitrogens with zero attached hydrogens (tertiary/aromatic N) is 3.